The average molecular weight is 344 g/mol. The summed E-state index contributed by atoms with van der Waals surface area (Å²) in [4.78, 5) is 0. The molecule has 134 valence electrons. The highest BCUT2D eigenvalue weighted by Crippen LogP contribution is 2.37. The van der Waals surface area contributed by atoms with E-state index in [0.717, 1.165) is 11.5 Å². The van der Waals surface area contributed by atoms with Gasteiger partial charge < -0.3 is 4.74 Å². The Morgan fingerprint density at radius 1 is 0.920 bits per heavy atom. The third kappa shape index (κ3) is 4.09. The number of hydrogen-bond donors (Lipinski definition) is 0. The van der Waals surface area contributed by atoms with Gasteiger partial charge >= 0.3 is 0 Å². The number of rotatable bonds is 5. The molecule has 3 heteroatoms. The smallest absolute Gasteiger partial charge is 0.132 e. The van der Waals surface area contributed by atoms with Crippen LogP contribution in [-0.2, 0) is 11.3 Å². The van der Waals surface area contributed by atoms with Gasteiger partial charge in [-0.2, -0.15) is 0 Å². The summed E-state index contributed by atoms with van der Waals surface area (Å²) in [6.45, 7) is 2.22. The zero-order valence-electron chi connectivity index (χ0n) is 15.0. The predicted molar refractivity (Wildman–Crippen MR) is 97.5 cm³/mol. The topological polar surface area (TPSA) is 9.23 Å². The molecule has 0 bridgehead atoms. The van der Waals surface area contributed by atoms with Crippen molar-refractivity contribution in [3.8, 4) is 11.1 Å². The van der Waals surface area contributed by atoms with Gasteiger partial charge in [0.05, 0.1) is 6.61 Å². The van der Waals surface area contributed by atoms with E-state index in [1.54, 1.807) is 0 Å². The molecule has 25 heavy (non-hydrogen) atoms. The van der Waals surface area contributed by atoms with E-state index in [4.69, 9.17) is 4.74 Å². The summed E-state index contributed by atoms with van der Waals surface area (Å²) in [6, 6.07) is 11.0. The number of halogens is 2. The molecule has 0 saturated heterocycles. The summed E-state index contributed by atoms with van der Waals surface area (Å²) in [7, 11) is 1.43. The molecule has 0 heterocycles. The molecule has 0 atom stereocenters. The Morgan fingerprint density at radius 3 is 2.04 bits per heavy atom. The molecule has 1 nitrogen and oxygen atoms in total. The van der Waals surface area contributed by atoms with Gasteiger partial charge in [-0.25, -0.2) is 8.78 Å². The molecular formula is C22H26F2O. The van der Waals surface area contributed by atoms with E-state index in [-0.39, 0.29) is 12.2 Å². The Morgan fingerprint density at radius 2 is 1.52 bits per heavy atom. The lowest BCUT2D eigenvalue weighted by Gasteiger charge is -2.28. The van der Waals surface area contributed by atoms with Crippen molar-refractivity contribution < 1.29 is 13.5 Å². The Hall–Kier alpha value is -1.74. The lowest BCUT2D eigenvalue weighted by atomic mass is 9.77. The van der Waals surface area contributed by atoms with E-state index >= 15 is 0 Å². The van der Waals surface area contributed by atoms with Crippen molar-refractivity contribution in [2.45, 2.75) is 51.6 Å². The minimum Gasteiger partial charge on any atom is -0.380 e. The monoisotopic (exact) mass is 344 g/mol. The molecule has 1 aliphatic rings. The highest BCUT2D eigenvalue weighted by molar-refractivity contribution is 5.64. The minimum absolute atomic E-state index is 0.0180. The maximum atomic E-state index is 14.1. The first kappa shape index (κ1) is 18.1. The lowest BCUT2D eigenvalue weighted by Crippen LogP contribution is -2.12. The Bertz CT molecular complexity index is 677. The summed E-state index contributed by atoms with van der Waals surface area (Å²) < 4.78 is 33.1. The van der Waals surface area contributed by atoms with Crippen LogP contribution in [0.5, 0.6) is 0 Å². The van der Waals surface area contributed by atoms with Crippen molar-refractivity contribution >= 4 is 0 Å². The third-order valence-electron chi connectivity index (χ3n) is 5.57. The molecule has 0 spiro atoms. The van der Waals surface area contributed by atoms with Crippen LogP contribution in [0.15, 0.2) is 36.4 Å². The van der Waals surface area contributed by atoms with Crippen LogP contribution in [0.4, 0.5) is 8.78 Å². The van der Waals surface area contributed by atoms with Crippen LogP contribution in [0.25, 0.3) is 11.1 Å². The first-order valence-electron chi connectivity index (χ1n) is 9.19. The molecule has 0 aromatic heterocycles. The number of methoxy groups -OCH3 is 1. The van der Waals surface area contributed by atoms with Crippen LogP contribution < -0.4 is 0 Å². The molecule has 1 fully saturated rings. The summed E-state index contributed by atoms with van der Waals surface area (Å²) in [5.41, 5.74) is 2.73. The molecule has 3 rings (SSSR count). The minimum atomic E-state index is -0.557. The van der Waals surface area contributed by atoms with Gasteiger partial charge in [-0.05, 0) is 66.3 Å². The van der Waals surface area contributed by atoms with Crippen LogP contribution in [-0.4, -0.2) is 7.11 Å². The van der Waals surface area contributed by atoms with Crippen LogP contribution in [0.2, 0.25) is 0 Å². The molecule has 0 unspecified atom stereocenters. The SMILES string of the molecule is CC[C@H]1CC[C@H](c2ccc(-c3cc(F)c(COC)c(F)c3)cc2)CC1. The molecule has 2 aromatic carbocycles. The predicted octanol–water partition coefficient (Wildman–Crippen LogP) is 6.46. The van der Waals surface area contributed by atoms with Gasteiger partial charge in [-0.3, -0.25) is 0 Å². The normalized spacial score (nSPS) is 20.6. The number of hydrogen-bond acceptors (Lipinski definition) is 1. The van der Waals surface area contributed by atoms with Gasteiger partial charge in [0.2, 0.25) is 0 Å². The summed E-state index contributed by atoms with van der Waals surface area (Å²) in [6.07, 6.45) is 6.38. The number of ether oxygens (including phenoxy) is 1. The Labute approximate surface area is 149 Å². The van der Waals surface area contributed by atoms with E-state index < -0.39 is 11.6 Å². The molecule has 1 aliphatic carbocycles. The quantitative estimate of drug-likeness (QED) is 0.604. The van der Waals surface area contributed by atoms with Gasteiger partial charge in [0.15, 0.2) is 0 Å². The van der Waals surface area contributed by atoms with Crippen LogP contribution in [0.1, 0.15) is 56.1 Å². The van der Waals surface area contributed by atoms with E-state index in [0.29, 0.717) is 11.5 Å². The van der Waals surface area contributed by atoms with Crippen molar-refractivity contribution in [1.82, 2.24) is 0 Å². The van der Waals surface area contributed by atoms with Gasteiger partial charge in [-0.15, -0.1) is 0 Å². The van der Waals surface area contributed by atoms with E-state index in [2.05, 4.69) is 19.1 Å². The van der Waals surface area contributed by atoms with Gasteiger partial charge in [-0.1, -0.05) is 37.6 Å². The second-order valence-electron chi connectivity index (χ2n) is 7.10. The first-order valence-corrected chi connectivity index (χ1v) is 9.19. The molecule has 1 saturated carbocycles. The molecule has 2 aromatic rings. The molecular weight excluding hydrogens is 318 g/mol. The van der Waals surface area contributed by atoms with Crippen LogP contribution >= 0.6 is 0 Å². The standard InChI is InChI=1S/C22H26F2O/c1-3-15-4-6-16(7-5-15)17-8-10-18(11-9-17)19-12-21(23)20(14-25-2)22(24)13-19/h8-13,15-16H,3-7,14H2,1-2H3/t15-,16-. The average Bonchev–Trinajstić information content (AvgIpc) is 2.65. The fourth-order valence-electron chi connectivity index (χ4n) is 3.90. The van der Waals surface area contributed by atoms with Crippen molar-refractivity contribution in [2.24, 2.45) is 5.92 Å². The molecule has 0 radical (unpaired) electrons. The highest BCUT2D eigenvalue weighted by Gasteiger charge is 2.21. The van der Waals surface area contributed by atoms with Crippen molar-refractivity contribution in [3.63, 3.8) is 0 Å². The van der Waals surface area contributed by atoms with Crippen molar-refractivity contribution in [1.29, 1.82) is 0 Å². The summed E-state index contributed by atoms with van der Waals surface area (Å²) in [5, 5.41) is 0. The first-order chi connectivity index (χ1) is 12.1. The second kappa shape index (κ2) is 8.09. The van der Waals surface area contributed by atoms with E-state index in [1.165, 1.54) is 56.9 Å². The lowest BCUT2D eigenvalue weighted by molar-refractivity contribution is 0.177. The van der Waals surface area contributed by atoms with Crippen molar-refractivity contribution in [3.05, 3.63) is 59.2 Å². The van der Waals surface area contributed by atoms with Gasteiger partial charge in [0, 0.05) is 12.7 Å². The summed E-state index contributed by atoms with van der Waals surface area (Å²) >= 11 is 0. The zero-order valence-corrected chi connectivity index (χ0v) is 15.0. The third-order valence-corrected chi connectivity index (χ3v) is 5.57. The van der Waals surface area contributed by atoms with Crippen molar-refractivity contribution in [2.75, 3.05) is 7.11 Å². The van der Waals surface area contributed by atoms with Gasteiger partial charge in [0.25, 0.3) is 0 Å². The van der Waals surface area contributed by atoms with Gasteiger partial charge in [0.1, 0.15) is 11.6 Å². The summed E-state index contributed by atoms with van der Waals surface area (Å²) in [5.74, 6) is 0.388. The van der Waals surface area contributed by atoms with Crippen LogP contribution in [0.3, 0.4) is 0 Å². The fraction of sp³-hybridized carbons (Fsp3) is 0.455. The van der Waals surface area contributed by atoms with Crippen LogP contribution in [0, 0.1) is 17.6 Å². The molecule has 0 N–H and O–H groups in total. The van der Waals surface area contributed by atoms with E-state index in [1.807, 2.05) is 12.1 Å². The fourth-order valence-corrected chi connectivity index (χ4v) is 3.90. The molecule has 0 aliphatic heterocycles. The highest BCUT2D eigenvalue weighted by atomic mass is 19.1. The molecule has 0 amide bonds. The Balaban J connectivity index is 1.76. The van der Waals surface area contributed by atoms with E-state index in [9.17, 15) is 8.78 Å². The Kier molecular flexibility index (Phi) is 5.85. The zero-order chi connectivity index (χ0) is 17.8. The number of benzene rings is 2. The largest absolute Gasteiger partial charge is 0.380 e. The maximum absolute atomic E-state index is 14.1. The maximum Gasteiger partial charge on any atom is 0.132 e. The second-order valence-corrected chi connectivity index (χ2v) is 7.10.